The predicted molar refractivity (Wildman–Crippen MR) is 82.1 cm³/mol. The fourth-order valence-electron chi connectivity index (χ4n) is 1.97. The fraction of sp³-hybridized carbons (Fsp3) is 0.188. The van der Waals surface area contributed by atoms with E-state index in [2.05, 4.69) is 10.9 Å². The molecule has 128 valence electrons. The fourth-order valence-corrected chi connectivity index (χ4v) is 1.97. The van der Waals surface area contributed by atoms with Gasteiger partial charge < -0.3 is 9.47 Å². The highest BCUT2D eigenvalue weighted by Crippen LogP contribution is 2.34. The third-order valence-corrected chi connectivity index (χ3v) is 3.16. The first-order chi connectivity index (χ1) is 11.3. The van der Waals surface area contributed by atoms with Gasteiger partial charge in [-0.25, -0.2) is 0 Å². The minimum Gasteiger partial charge on any atom is -0.497 e. The number of benzene rings is 2. The number of alkyl halides is 3. The molecular weight excluding hydrogens is 325 g/mol. The van der Waals surface area contributed by atoms with Crippen molar-refractivity contribution in [2.24, 2.45) is 0 Å². The molecule has 0 saturated heterocycles. The molecule has 0 aliphatic rings. The Bertz CT molecular complexity index is 710. The van der Waals surface area contributed by atoms with E-state index in [1.807, 2.05) is 0 Å². The van der Waals surface area contributed by atoms with Gasteiger partial charge in [-0.3, -0.25) is 15.6 Å². The second-order valence-corrected chi connectivity index (χ2v) is 4.72. The second kappa shape index (κ2) is 7.12. The molecule has 8 heteroatoms. The number of hydrazine groups is 1. The molecule has 2 aromatic carbocycles. The maximum absolute atomic E-state index is 12.9. The minimum absolute atomic E-state index is 0.170. The quantitative estimate of drug-likeness (QED) is 0.818. The van der Waals surface area contributed by atoms with E-state index in [4.69, 9.17) is 9.47 Å². The van der Waals surface area contributed by atoms with Crippen LogP contribution in [-0.2, 0) is 6.18 Å². The molecule has 0 aliphatic heterocycles. The highest BCUT2D eigenvalue weighted by Gasteiger charge is 2.33. The number of halogens is 3. The van der Waals surface area contributed by atoms with Gasteiger partial charge in [0.05, 0.1) is 25.5 Å². The lowest BCUT2D eigenvalue weighted by atomic mass is 10.1. The normalized spacial score (nSPS) is 10.9. The zero-order chi connectivity index (χ0) is 17.7. The van der Waals surface area contributed by atoms with E-state index in [1.165, 1.54) is 44.6 Å². The number of carbonyl (C=O) groups excluding carboxylic acids is 1. The van der Waals surface area contributed by atoms with Gasteiger partial charge in [-0.05, 0) is 24.3 Å². The molecule has 0 atom stereocenters. The van der Waals surface area contributed by atoms with E-state index in [0.717, 1.165) is 6.07 Å². The SMILES string of the molecule is COc1cc(OC)cc(C(=O)NNc2ccccc2C(F)(F)F)c1. The van der Waals surface area contributed by atoms with E-state index in [9.17, 15) is 18.0 Å². The Morgan fingerprint density at radius 1 is 1.00 bits per heavy atom. The summed E-state index contributed by atoms with van der Waals surface area (Å²) in [5.74, 6) is 0.134. The summed E-state index contributed by atoms with van der Waals surface area (Å²) in [5.41, 5.74) is 3.55. The molecule has 2 aromatic rings. The van der Waals surface area contributed by atoms with Crippen molar-refractivity contribution < 1.29 is 27.4 Å². The molecule has 0 aromatic heterocycles. The third-order valence-electron chi connectivity index (χ3n) is 3.16. The smallest absolute Gasteiger partial charge is 0.418 e. The number of amides is 1. The number of carbonyl (C=O) groups is 1. The Balaban J connectivity index is 2.17. The summed E-state index contributed by atoms with van der Waals surface area (Å²) in [4.78, 5) is 12.1. The molecule has 0 fully saturated rings. The first-order valence-electron chi connectivity index (χ1n) is 6.81. The van der Waals surface area contributed by atoms with Gasteiger partial charge in [0.15, 0.2) is 0 Å². The zero-order valence-corrected chi connectivity index (χ0v) is 12.9. The van der Waals surface area contributed by atoms with Crippen molar-refractivity contribution in [3.8, 4) is 11.5 Å². The van der Waals surface area contributed by atoms with E-state index < -0.39 is 17.6 Å². The number of ether oxygens (including phenoxy) is 2. The van der Waals surface area contributed by atoms with Gasteiger partial charge in [-0.2, -0.15) is 13.2 Å². The van der Waals surface area contributed by atoms with Gasteiger partial charge in [0.1, 0.15) is 11.5 Å². The van der Waals surface area contributed by atoms with Crippen molar-refractivity contribution in [2.75, 3.05) is 19.6 Å². The van der Waals surface area contributed by atoms with Crippen LogP contribution in [0.4, 0.5) is 18.9 Å². The molecule has 0 radical (unpaired) electrons. The number of nitrogens with one attached hydrogen (secondary N) is 2. The van der Waals surface area contributed by atoms with E-state index >= 15 is 0 Å². The molecule has 0 aliphatic carbocycles. The van der Waals surface area contributed by atoms with Crippen LogP contribution in [-0.4, -0.2) is 20.1 Å². The van der Waals surface area contributed by atoms with Gasteiger partial charge in [0.25, 0.3) is 5.91 Å². The lowest BCUT2D eigenvalue weighted by Crippen LogP contribution is -2.30. The first kappa shape index (κ1) is 17.5. The maximum atomic E-state index is 12.9. The Morgan fingerprint density at radius 2 is 1.58 bits per heavy atom. The van der Waals surface area contributed by atoms with E-state index in [-0.39, 0.29) is 11.3 Å². The van der Waals surface area contributed by atoms with Crippen molar-refractivity contribution in [3.63, 3.8) is 0 Å². The summed E-state index contributed by atoms with van der Waals surface area (Å²) in [7, 11) is 2.85. The summed E-state index contributed by atoms with van der Waals surface area (Å²) >= 11 is 0. The summed E-state index contributed by atoms with van der Waals surface area (Å²) in [6.07, 6.45) is -4.53. The Labute approximate surface area is 136 Å². The van der Waals surface area contributed by atoms with Crippen LogP contribution in [0.15, 0.2) is 42.5 Å². The van der Waals surface area contributed by atoms with Gasteiger partial charge in [-0.15, -0.1) is 0 Å². The monoisotopic (exact) mass is 340 g/mol. The van der Waals surface area contributed by atoms with Crippen LogP contribution in [0.1, 0.15) is 15.9 Å². The van der Waals surface area contributed by atoms with Crippen molar-refractivity contribution >= 4 is 11.6 Å². The van der Waals surface area contributed by atoms with Gasteiger partial charge in [0.2, 0.25) is 0 Å². The summed E-state index contributed by atoms with van der Waals surface area (Å²) in [6.45, 7) is 0. The van der Waals surface area contributed by atoms with Crippen LogP contribution in [0.2, 0.25) is 0 Å². The van der Waals surface area contributed by atoms with Crippen LogP contribution in [0.3, 0.4) is 0 Å². The topological polar surface area (TPSA) is 59.6 Å². The molecular formula is C16H15F3N2O3. The molecule has 24 heavy (non-hydrogen) atoms. The molecule has 0 heterocycles. The maximum Gasteiger partial charge on any atom is 0.418 e. The lowest BCUT2D eigenvalue weighted by molar-refractivity contribution is -0.137. The van der Waals surface area contributed by atoms with Crippen LogP contribution in [0.5, 0.6) is 11.5 Å². The largest absolute Gasteiger partial charge is 0.497 e. The summed E-state index contributed by atoms with van der Waals surface area (Å²) < 4.78 is 48.8. The summed E-state index contributed by atoms with van der Waals surface area (Å²) in [6, 6.07) is 9.28. The van der Waals surface area contributed by atoms with Crippen LogP contribution in [0, 0.1) is 0 Å². The Kier molecular flexibility index (Phi) is 5.18. The lowest BCUT2D eigenvalue weighted by Gasteiger charge is -2.15. The van der Waals surface area contributed by atoms with E-state index in [0.29, 0.717) is 11.5 Å². The predicted octanol–water partition coefficient (Wildman–Crippen LogP) is 3.48. The van der Waals surface area contributed by atoms with Gasteiger partial charge in [-0.1, -0.05) is 12.1 Å². The molecule has 2 rings (SSSR count). The third kappa shape index (κ3) is 4.09. The molecule has 0 spiro atoms. The number of hydrogen-bond donors (Lipinski definition) is 2. The standard InChI is InChI=1S/C16H15F3N2O3/c1-23-11-7-10(8-12(9-11)24-2)15(22)21-20-14-6-4-3-5-13(14)16(17,18)19/h3-9,20H,1-2H3,(H,21,22). The van der Waals surface area contributed by atoms with Crippen LogP contribution in [0.25, 0.3) is 0 Å². The number of rotatable bonds is 5. The Morgan fingerprint density at radius 3 is 2.12 bits per heavy atom. The van der Waals surface area contributed by atoms with Gasteiger partial charge in [0, 0.05) is 11.6 Å². The van der Waals surface area contributed by atoms with Gasteiger partial charge >= 0.3 is 6.18 Å². The highest BCUT2D eigenvalue weighted by molar-refractivity contribution is 5.95. The average Bonchev–Trinajstić information content (AvgIpc) is 2.58. The van der Waals surface area contributed by atoms with Crippen LogP contribution >= 0.6 is 0 Å². The minimum atomic E-state index is -4.53. The average molecular weight is 340 g/mol. The zero-order valence-electron chi connectivity index (χ0n) is 12.9. The van der Waals surface area contributed by atoms with Crippen LogP contribution < -0.4 is 20.3 Å². The molecule has 5 nitrogen and oxygen atoms in total. The van der Waals surface area contributed by atoms with Crippen molar-refractivity contribution in [1.82, 2.24) is 5.43 Å². The number of anilines is 1. The van der Waals surface area contributed by atoms with Crippen molar-refractivity contribution in [2.45, 2.75) is 6.18 Å². The molecule has 0 bridgehead atoms. The number of methoxy groups -OCH3 is 2. The number of hydrogen-bond acceptors (Lipinski definition) is 4. The van der Waals surface area contributed by atoms with Crippen molar-refractivity contribution in [3.05, 3.63) is 53.6 Å². The molecule has 1 amide bonds. The molecule has 2 N–H and O–H groups in total. The first-order valence-corrected chi connectivity index (χ1v) is 6.81. The Hall–Kier alpha value is -2.90. The highest BCUT2D eigenvalue weighted by atomic mass is 19.4. The van der Waals surface area contributed by atoms with E-state index in [1.54, 1.807) is 6.07 Å². The van der Waals surface area contributed by atoms with Crippen molar-refractivity contribution in [1.29, 1.82) is 0 Å². The second-order valence-electron chi connectivity index (χ2n) is 4.72. The summed E-state index contributed by atoms with van der Waals surface area (Å²) in [5, 5.41) is 0. The molecule has 0 saturated carbocycles. The molecule has 0 unspecified atom stereocenters. The number of para-hydroxylation sites is 1.